The zero-order valence-corrected chi connectivity index (χ0v) is 6.70. The smallest absolute Gasteiger partial charge is 0.323 e. The highest BCUT2D eigenvalue weighted by atomic mass is 35.5. The molecule has 0 unspecified atom stereocenters. The topological polar surface area (TPSA) is 49.3 Å². The van der Waals surface area contributed by atoms with Gasteiger partial charge in [0, 0.05) is 0 Å². The lowest BCUT2D eigenvalue weighted by Crippen LogP contribution is -2.44. The predicted molar refractivity (Wildman–Crippen MR) is 40.5 cm³/mol. The highest BCUT2D eigenvalue weighted by molar-refractivity contribution is 5.85. The van der Waals surface area contributed by atoms with Crippen LogP contribution < -0.4 is 5.32 Å². The first kappa shape index (κ1) is 9.72. The Kier molecular flexibility index (Phi) is 3.12. The Morgan fingerprint density at radius 2 is 2.30 bits per heavy atom. The van der Waals surface area contributed by atoms with Gasteiger partial charge in [0.15, 0.2) is 0 Å². The Hall–Kier alpha value is -0.280. The zero-order valence-electron chi connectivity index (χ0n) is 5.89. The Morgan fingerprint density at radius 3 is 2.50 bits per heavy atom. The maximum Gasteiger partial charge on any atom is 0.323 e. The fourth-order valence-corrected chi connectivity index (χ4v) is 1.08. The monoisotopic (exact) mass is 165 g/mol. The third-order valence-electron chi connectivity index (χ3n) is 1.84. The van der Waals surface area contributed by atoms with Crippen LogP contribution in [-0.4, -0.2) is 23.2 Å². The summed E-state index contributed by atoms with van der Waals surface area (Å²) in [6, 6.07) is 0. The lowest BCUT2D eigenvalue weighted by Gasteiger charge is -2.16. The molecule has 0 aromatic carbocycles. The average molecular weight is 166 g/mol. The number of rotatable bonds is 1. The van der Waals surface area contributed by atoms with Crippen molar-refractivity contribution in [3.8, 4) is 0 Å². The van der Waals surface area contributed by atoms with Gasteiger partial charge in [-0.3, -0.25) is 4.79 Å². The van der Waals surface area contributed by atoms with Gasteiger partial charge in [0.2, 0.25) is 0 Å². The largest absolute Gasteiger partial charge is 0.480 e. The van der Waals surface area contributed by atoms with E-state index in [9.17, 15) is 4.79 Å². The molecule has 0 amide bonds. The minimum atomic E-state index is -0.736. The number of carboxylic acid groups (broad SMARTS) is 1. The number of aliphatic carboxylic acids is 1. The van der Waals surface area contributed by atoms with Crippen LogP contribution in [0.4, 0.5) is 0 Å². The van der Waals surface area contributed by atoms with E-state index in [1.165, 1.54) is 0 Å². The van der Waals surface area contributed by atoms with Gasteiger partial charge in [0.1, 0.15) is 5.54 Å². The molecular weight excluding hydrogens is 154 g/mol. The lowest BCUT2D eigenvalue weighted by molar-refractivity contribution is -0.143. The molecule has 0 aromatic rings. The molecule has 0 radical (unpaired) electrons. The summed E-state index contributed by atoms with van der Waals surface area (Å²) in [6.07, 6.45) is 1.73. The fraction of sp³-hybridized carbons (Fsp3) is 0.833. The Balaban J connectivity index is 0.000000810. The molecule has 1 rings (SSSR count). The summed E-state index contributed by atoms with van der Waals surface area (Å²) >= 11 is 0. The van der Waals surface area contributed by atoms with Crippen molar-refractivity contribution in [2.75, 3.05) is 6.54 Å². The molecule has 4 heteroatoms. The first-order valence-electron chi connectivity index (χ1n) is 3.13. The normalized spacial score (nSPS) is 31.3. The summed E-state index contributed by atoms with van der Waals surface area (Å²) in [6.45, 7) is 2.56. The van der Waals surface area contributed by atoms with Crippen molar-refractivity contribution in [3.05, 3.63) is 0 Å². The minimum absolute atomic E-state index is 0. The van der Waals surface area contributed by atoms with E-state index < -0.39 is 11.5 Å². The van der Waals surface area contributed by atoms with Crippen molar-refractivity contribution in [1.29, 1.82) is 0 Å². The maximum atomic E-state index is 10.5. The molecule has 0 aliphatic carbocycles. The SMILES string of the molecule is C[C@]1(C(=O)O)CCCN1.Cl. The molecule has 1 heterocycles. The summed E-state index contributed by atoms with van der Waals surface area (Å²) in [5, 5.41) is 11.5. The molecule has 0 saturated carbocycles. The van der Waals surface area contributed by atoms with E-state index >= 15 is 0 Å². The molecule has 0 aromatic heterocycles. The molecule has 1 aliphatic heterocycles. The highest BCUT2D eigenvalue weighted by Gasteiger charge is 2.35. The number of carbonyl (C=O) groups is 1. The maximum absolute atomic E-state index is 10.5. The zero-order chi connectivity index (χ0) is 6.91. The second-order valence-electron chi connectivity index (χ2n) is 2.67. The van der Waals surface area contributed by atoms with Gasteiger partial charge >= 0.3 is 5.97 Å². The van der Waals surface area contributed by atoms with Crippen LogP contribution in [-0.2, 0) is 4.79 Å². The lowest BCUT2D eigenvalue weighted by atomic mass is 10.0. The van der Waals surface area contributed by atoms with Gasteiger partial charge in [-0.05, 0) is 26.3 Å². The van der Waals surface area contributed by atoms with Crippen LogP contribution >= 0.6 is 12.4 Å². The van der Waals surface area contributed by atoms with Gasteiger partial charge in [-0.2, -0.15) is 0 Å². The van der Waals surface area contributed by atoms with Crippen molar-refractivity contribution in [2.45, 2.75) is 25.3 Å². The van der Waals surface area contributed by atoms with Crippen molar-refractivity contribution in [3.63, 3.8) is 0 Å². The predicted octanol–water partition coefficient (Wildman–Crippen LogP) is 0.635. The Labute approximate surface area is 66.2 Å². The van der Waals surface area contributed by atoms with Crippen LogP contribution in [0.15, 0.2) is 0 Å². The molecule has 10 heavy (non-hydrogen) atoms. The van der Waals surface area contributed by atoms with Gasteiger partial charge in [0.25, 0.3) is 0 Å². The van der Waals surface area contributed by atoms with Gasteiger partial charge in [0.05, 0.1) is 0 Å². The standard InChI is InChI=1S/C6H11NO2.ClH/c1-6(5(8)9)3-2-4-7-6;/h7H,2-4H2,1H3,(H,8,9);1H/t6-;/m1./s1. The summed E-state index contributed by atoms with van der Waals surface area (Å²) in [7, 11) is 0. The van der Waals surface area contributed by atoms with Gasteiger partial charge in [-0.25, -0.2) is 0 Å². The highest BCUT2D eigenvalue weighted by Crippen LogP contribution is 2.17. The van der Waals surface area contributed by atoms with E-state index in [1.54, 1.807) is 6.92 Å². The van der Waals surface area contributed by atoms with Crippen molar-refractivity contribution in [2.24, 2.45) is 0 Å². The number of hydrogen-bond acceptors (Lipinski definition) is 2. The summed E-state index contributed by atoms with van der Waals surface area (Å²) in [4.78, 5) is 10.5. The third-order valence-corrected chi connectivity index (χ3v) is 1.84. The van der Waals surface area contributed by atoms with Crippen molar-refractivity contribution in [1.82, 2.24) is 5.32 Å². The van der Waals surface area contributed by atoms with E-state index in [0.717, 1.165) is 19.4 Å². The number of nitrogens with one attached hydrogen (secondary N) is 1. The molecule has 1 aliphatic rings. The van der Waals surface area contributed by atoms with Crippen LogP contribution in [0.1, 0.15) is 19.8 Å². The van der Waals surface area contributed by atoms with E-state index in [4.69, 9.17) is 5.11 Å². The van der Waals surface area contributed by atoms with Crippen LogP contribution in [0.2, 0.25) is 0 Å². The van der Waals surface area contributed by atoms with Crippen LogP contribution in [0.25, 0.3) is 0 Å². The molecule has 0 bridgehead atoms. The second kappa shape index (κ2) is 3.21. The number of carboxylic acids is 1. The van der Waals surface area contributed by atoms with Crippen LogP contribution in [0.5, 0.6) is 0 Å². The number of hydrogen-bond donors (Lipinski definition) is 2. The van der Waals surface area contributed by atoms with Crippen LogP contribution in [0, 0.1) is 0 Å². The molecule has 0 spiro atoms. The van der Waals surface area contributed by atoms with E-state index in [-0.39, 0.29) is 12.4 Å². The van der Waals surface area contributed by atoms with E-state index in [2.05, 4.69) is 5.32 Å². The van der Waals surface area contributed by atoms with Gasteiger partial charge in [-0.1, -0.05) is 0 Å². The molecule has 60 valence electrons. The van der Waals surface area contributed by atoms with Gasteiger partial charge in [-0.15, -0.1) is 12.4 Å². The van der Waals surface area contributed by atoms with E-state index in [0.29, 0.717) is 0 Å². The second-order valence-corrected chi connectivity index (χ2v) is 2.67. The summed E-state index contributed by atoms with van der Waals surface area (Å²) in [5.74, 6) is -0.736. The van der Waals surface area contributed by atoms with Gasteiger partial charge < -0.3 is 10.4 Å². The first-order valence-corrected chi connectivity index (χ1v) is 3.13. The average Bonchev–Trinajstić information content (AvgIpc) is 2.16. The number of halogens is 1. The summed E-state index contributed by atoms with van der Waals surface area (Å²) < 4.78 is 0. The molecule has 3 nitrogen and oxygen atoms in total. The molecule has 2 N–H and O–H groups in total. The fourth-order valence-electron chi connectivity index (χ4n) is 1.08. The molecule has 1 atom stereocenters. The Bertz CT molecular complexity index is 132. The van der Waals surface area contributed by atoms with E-state index in [1.807, 2.05) is 0 Å². The Morgan fingerprint density at radius 1 is 1.70 bits per heavy atom. The quantitative estimate of drug-likeness (QED) is 0.600. The molecule has 1 fully saturated rings. The molecular formula is C6H12ClNO2. The third kappa shape index (κ3) is 1.61. The van der Waals surface area contributed by atoms with Crippen molar-refractivity contribution >= 4 is 18.4 Å². The summed E-state index contributed by atoms with van der Waals surface area (Å²) in [5.41, 5.74) is -0.639. The van der Waals surface area contributed by atoms with Crippen molar-refractivity contribution < 1.29 is 9.90 Å². The molecule has 1 saturated heterocycles. The minimum Gasteiger partial charge on any atom is -0.480 e. The van der Waals surface area contributed by atoms with Crippen LogP contribution in [0.3, 0.4) is 0 Å². The first-order chi connectivity index (χ1) is 4.15.